The largest absolute Gasteiger partial charge is 0.294 e. The van der Waals surface area contributed by atoms with Gasteiger partial charge in [0.2, 0.25) is 0 Å². The van der Waals surface area contributed by atoms with Gasteiger partial charge in [-0.1, -0.05) is 74.1 Å². The van der Waals surface area contributed by atoms with Crippen molar-refractivity contribution in [3.63, 3.8) is 0 Å². The summed E-state index contributed by atoms with van der Waals surface area (Å²) in [6.45, 7) is 4.37. The molecule has 0 saturated heterocycles. The van der Waals surface area contributed by atoms with Crippen LogP contribution >= 0.6 is 11.8 Å². The molecule has 28 heavy (non-hydrogen) atoms. The third-order valence-corrected chi connectivity index (χ3v) is 6.67. The minimum atomic E-state index is -0.332. The van der Waals surface area contributed by atoms with Gasteiger partial charge < -0.3 is 0 Å². The van der Waals surface area contributed by atoms with Crippen LogP contribution in [0.25, 0.3) is 0 Å². The lowest BCUT2D eigenvalue weighted by Gasteiger charge is -2.21. The fraction of sp³-hybridized carbons (Fsp3) is 0.200. The topological polar surface area (TPSA) is 29.4 Å². The summed E-state index contributed by atoms with van der Waals surface area (Å²) in [5.74, 6) is 0.249. The number of benzene rings is 2. The van der Waals surface area contributed by atoms with Crippen molar-refractivity contribution in [2.45, 2.75) is 32.1 Å². The molecular weight excluding hydrogens is 362 g/mol. The number of hydrogen-bond acceptors (Lipinski definition) is 3. The molecule has 1 unspecified atom stereocenters. The lowest BCUT2D eigenvalue weighted by atomic mass is 9.87. The number of carbonyl (C=O) groups excluding carboxylic acids is 1. The second-order valence-corrected chi connectivity index (χ2v) is 8.71. The molecule has 2 aliphatic carbocycles. The van der Waals surface area contributed by atoms with Crippen LogP contribution in [0.15, 0.2) is 87.3 Å². The zero-order chi connectivity index (χ0) is 19.3. The number of rotatable bonds is 2. The van der Waals surface area contributed by atoms with Crippen LogP contribution in [0.5, 0.6) is 0 Å². The van der Waals surface area contributed by atoms with E-state index in [-0.39, 0.29) is 11.7 Å². The molecule has 1 atom stereocenters. The van der Waals surface area contributed by atoms with E-state index in [0.29, 0.717) is 5.92 Å². The summed E-state index contributed by atoms with van der Waals surface area (Å²) in [5, 5.41) is 2.21. The van der Waals surface area contributed by atoms with Crippen molar-refractivity contribution in [1.29, 1.82) is 0 Å². The van der Waals surface area contributed by atoms with Gasteiger partial charge in [0, 0.05) is 16.9 Å². The van der Waals surface area contributed by atoms with Gasteiger partial charge in [0.25, 0.3) is 0 Å². The average molecular weight is 384 g/mol. The van der Waals surface area contributed by atoms with Gasteiger partial charge in [-0.25, -0.2) is 0 Å². The molecule has 0 N–H and O–H groups in total. The first-order valence-electron chi connectivity index (χ1n) is 9.71. The fourth-order valence-corrected chi connectivity index (χ4v) is 4.98. The Labute approximate surface area is 169 Å². The van der Waals surface area contributed by atoms with Crippen LogP contribution < -0.4 is 0 Å². The number of allylic oxidation sites excluding steroid dienone is 4. The first-order valence-corrected chi connectivity index (χ1v) is 10.6. The van der Waals surface area contributed by atoms with Gasteiger partial charge in [-0.05, 0) is 45.7 Å². The molecule has 0 aromatic heterocycles. The van der Waals surface area contributed by atoms with E-state index >= 15 is 0 Å². The molecule has 0 spiro atoms. The monoisotopic (exact) mass is 383 g/mol. The van der Waals surface area contributed by atoms with E-state index in [1.807, 2.05) is 6.08 Å². The molecule has 3 aliphatic rings. The lowest BCUT2D eigenvalue weighted by Crippen LogP contribution is -2.17. The summed E-state index contributed by atoms with van der Waals surface area (Å²) >= 11 is 1.69. The van der Waals surface area contributed by atoms with Gasteiger partial charge in [0.05, 0.1) is 17.3 Å². The molecule has 1 heterocycles. The van der Waals surface area contributed by atoms with Crippen LogP contribution in [-0.2, 0) is 11.2 Å². The summed E-state index contributed by atoms with van der Waals surface area (Å²) in [6.07, 6.45) is 4.55. The van der Waals surface area contributed by atoms with Crippen LogP contribution in [0.4, 0.5) is 0 Å². The van der Waals surface area contributed by atoms with E-state index in [1.54, 1.807) is 17.8 Å². The van der Waals surface area contributed by atoms with E-state index in [9.17, 15) is 4.79 Å². The minimum absolute atomic E-state index is 0.107. The van der Waals surface area contributed by atoms with Crippen LogP contribution in [0.1, 0.15) is 47.9 Å². The first kappa shape index (κ1) is 17.4. The maximum absolute atomic E-state index is 12.9. The standard InChI is InChI=1S/C25H21NOS/c1-15(2)16-7-9-17(10-8-16)23-21(27)11-12-22-25(23)26-24-19(14-28-22)13-18-5-3-4-6-20(18)24/h3-12,14-15,23H,13H2,1-2H3. The summed E-state index contributed by atoms with van der Waals surface area (Å²) < 4.78 is 0. The smallest absolute Gasteiger partial charge is 0.169 e. The summed E-state index contributed by atoms with van der Waals surface area (Å²) in [6, 6.07) is 16.9. The fourth-order valence-electron chi connectivity index (χ4n) is 4.08. The number of hydrogen-bond donors (Lipinski definition) is 0. The third kappa shape index (κ3) is 2.82. The Morgan fingerprint density at radius 1 is 1.04 bits per heavy atom. The Hall–Kier alpha value is -2.65. The second-order valence-electron chi connectivity index (χ2n) is 7.79. The van der Waals surface area contributed by atoms with Crippen molar-refractivity contribution in [3.05, 3.63) is 105 Å². The maximum atomic E-state index is 12.9. The zero-order valence-electron chi connectivity index (χ0n) is 16.0. The average Bonchev–Trinajstić information content (AvgIpc) is 2.95. The highest BCUT2D eigenvalue weighted by molar-refractivity contribution is 8.06. The highest BCUT2D eigenvalue weighted by Crippen LogP contribution is 2.43. The van der Waals surface area contributed by atoms with Crippen molar-refractivity contribution in [1.82, 2.24) is 0 Å². The highest BCUT2D eigenvalue weighted by atomic mass is 32.2. The van der Waals surface area contributed by atoms with E-state index < -0.39 is 0 Å². The predicted molar refractivity (Wildman–Crippen MR) is 117 cm³/mol. The quantitative estimate of drug-likeness (QED) is 0.644. The molecule has 0 radical (unpaired) electrons. The zero-order valence-corrected chi connectivity index (χ0v) is 16.8. The third-order valence-electron chi connectivity index (χ3n) is 5.66. The van der Waals surface area contributed by atoms with Gasteiger partial charge in [-0.15, -0.1) is 0 Å². The van der Waals surface area contributed by atoms with E-state index in [0.717, 1.165) is 28.3 Å². The van der Waals surface area contributed by atoms with Crippen LogP contribution in [0.2, 0.25) is 0 Å². The van der Waals surface area contributed by atoms with Crippen molar-refractivity contribution in [3.8, 4) is 0 Å². The van der Waals surface area contributed by atoms with Crippen molar-refractivity contribution in [2.75, 3.05) is 0 Å². The SMILES string of the molecule is CC(C)c1ccc(C2C(=O)C=CC3=C2N=C2C(=CS3)Cc3ccccc32)cc1. The second kappa shape index (κ2) is 6.75. The molecule has 0 saturated carbocycles. The summed E-state index contributed by atoms with van der Waals surface area (Å²) in [4.78, 5) is 19.1. The molecule has 2 aromatic carbocycles. The van der Waals surface area contributed by atoms with Gasteiger partial charge in [0.1, 0.15) is 0 Å². The molecule has 0 fully saturated rings. The molecule has 138 valence electrons. The van der Waals surface area contributed by atoms with Crippen molar-refractivity contribution in [2.24, 2.45) is 4.99 Å². The number of fused-ring (bicyclic) bond motifs is 3. The Morgan fingerprint density at radius 3 is 2.61 bits per heavy atom. The molecule has 0 bridgehead atoms. The molecular formula is C25H21NOS. The molecule has 2 nitrogen and oxygen atoms in total. The van der Waals surface area contributed by atoms with Gasteiger partial charge in [-0.3, -0.25) is 9.79 Å². The summed E-state index contributed by atoms with van der Waals surface area (Å²) in [7, 11) is 0. The van der Waals surface area contributed by atoms with Crippen molar-refractivity contribution < 1.29 is 4.79 Å². The number of thioether (sulfide) groups is 1. The molecule has 2 aromatic rings. The normalized spacial score (nSPS) is 20.4. The lowest BCUT2D eigenvalue weighted by molar-refractivity contribution is -0.115. The van der Waals surface area contributed by atoms with Crippen molar-refractivity contribution >= 4 is 23.3 Å². The summed E-state index contributed by atoms with van der Waals surface area (Å²) in [5.41, 5.74) is 7.97. The first-order chi connectivity index (χ1) is 13.6. The van der Waals surface area contributed by atoms with Gasteiger partial charge in [0.15, 0.2) is 5.78 Å². The Balaban J connectivity index is 1.62. The Morgan fingerprint density at radius 2 is 1.82 bits per heavy atom. The molecule has 1 aliphatic heterocycles. The molecule has 0 amide bonds. The van der Waals surface area contributed by atoms with E-state index in [1.165, 1.54) is 22.3 Å². The van der Waals surface area contributed by atoms with E-state index in [2.05, 4.69) is 67.8 Å². The minimum Gasteiger partial charge on any atom is -0.294 e. The predicted octanol–water partition coefficient (Wildman–Crippen LogP) is 5.92. The van der Waals surface area contributed by atoms with Crippen LogP contribution in [0.3, 0.4) is 0 Å². The number of aliphatic imine (C=N–C) groups is 1. The molecule has 3 heteroatoms. The van der Waals surface area contributed by atoms with E-state index in [4.69, 9.17) is 4.99 Å². The van der Waals surface area contributed by atoms with Gasteiger partial charge in [-0.2, -0.15) is 0 Å². The number of ketones is 1. The van der Waals surface area contributed by atoms with Crippen LogP contribution in [0, 0.1) is 0 Å². The number of nitrogens with zero attached hydrogens (tertiary/aromatic N) is 1. The Kier molecular flexibility index (Phi) is 4.21. The molecule has 5 rings (SSSR count). The number of carbonyl (C=O) groups is 1. The van der Waals surface area contributed by atoms with Gasteiger partial charge >= 0.3 is 0 Å². The van der Waals surface area contributed by atoms with Crippen LogP contribution in [-0.4, -0.2) is 11.5 Å². The maximum Gasteiger partial charge on any atom is 0.169 e. The Bertz CT molecular complexity index is 1100. The highest BCUT2D eigenvalue weighted by Gasteiger charge is 2.32.